The highest BCUT2D eigenvalue weighted by molar-refractivity contribution is 5.53. The summed E-state index contributed by atoms with van der Waals surface area (Å²) in [4.78, 5) is 22.7. The Morgan fingerprint density at radius 2 is 1.90 bits per heavy atom. The molecular formula is C21H31N5O4. The average Bonchev–Trinajstić information content (AvgIpc) is 3.46. The minimum Gasteiger partial charge on any atom is -0.483 e. The van der Waals surface area contributed by atoms with E-state index in [1.807, 2.05) is 13.0 Å². The molecule has 0 bridgehead atoms. The SMILES string of the molecule is CO[C@H]1CN(c2nc(N3CCCC3)nc(C)c2C)C[C@H]1Cc1cc(C)no1.O=CO. The molecule has 2 saturated heterocycles. The maximum Gasteiger partial charge on any atom is 0.290 e. The summed E-state index contributed by atoms with van der Waals surface area (Å²) in [6.45, 7) is 9.74. The molecule has 0 spiro atoms. The van der Waals surface area contributed by atoms with Gasteiger partial charge in [0.05, 0.1) is 11.8 Å². The highest BCUT2D eigenvalue weighted by Crippen LogP contribution is 2.31. The van der Waals surface area contributed by atoms with E-state index >= 15 is 0 Å². The average molecular weight is 418 g/mol. The second kappa shape index (κ2) is 9.88. The number of aryl methyl sites for hydroxylation is 2. The summed E-state index contributed by atoms with van der Waals surface area (Å²) >= 11 is 0. The maximum atomic E-state index is 8.36. The third-order valence-electron chi connectivity index (χ3n) is 5.86. The van der Waals surface area contributed by atoms with Crippen molar-refractivity contribution in [2.24, 2.45) is 5.92 Å². The van der Waals surface area contributed by atoms with Crippen LogP contribution < -0.4 is 9.80 Å². The molecule has 2 aliphatic heterocycles. The van der Waals surface area contributed by atoms with Gasteiger partial charge in [-0.3, -0.25) is 4.79 Å². The maximum absolute atomic E-state index is 8.36. The van der Waals surface area contributed by atoms with Gasteiger partial charge in [-0.1, -0.05) is 5.16 Å². The number of methoxy groups -OCH3 is 1. The van der Waals surface area contributed by atoms with Crippen molar-refractivity contribution in [1.82, 2.24) is 15.1 Å². The van der Waals surface area contributed by atoms with E-state index in [1.54, 1.807) is 7.11 Å². The molecule has 2 atom stereocenters. The first-order valence-electron chi connectivity index (χ1n) is 10.3. The summed E-state index contributed by atoms with van der Waals surface area (Å²) in [7, 11) is 1.79. The fourth-order valence-electron chi connectivity index (χ4n) is 4.21. The number of rotatable bonds is 5. The van der Waals surface area contributed by atoms with Crippen LogP contribution in [0, 0.1) is 26.7 Å². The van der Waals surface area contributed by atoms with Gasteiger partial charge in [-0.15, -0.1) is 0 Å². The fourth-order valence-corrected chi connectivity index (χ4v) is 4.21. The quantitative estimate of drug-likeness (QED) is 0.734. The molecule has 2 aromatic heterocycles. The van der Waals surface area contributed by atoms with Crippen LogP contribution in [0.25, 0.3) is 0 Å². The Balaban J connectivity index is 0.000000806. The molecule has 0 saturated carbocycles. The monoisotopic (exact) mass is 417 g/mol. The Bertz CT molecular complexity index is 850. The van der Waals surface area contributed by atoms with Crippen LogP contribution >= 0.6 is 0 Å². The van der Waals surface area contributed by atoms with Crippen molar-refractivity contribution in [2.75, 3.05) is 43.1 Å². The zero-order chi connectivity index (χ0) is 21.7. The highest BCUT2D eigenvalue weighted by Gasteiger charge is 2.35. The van der Waals surface area contributed by atoms with E-state index in [2.05, 4.69) is 28.8 Å². The minimum absolute atomic E-state index is 0.153. The zero-order valence-corrected chi connectivity index (χ0v) is 18.2. The van der Waals surface area contributed by atoms with Gasteiger partial charge < -0.3 is 24.2 Å². The van der Waals surface area contributed by atoms with Crippen LogP contribution in [0.5, 0.6) is 0 Å². The largest absolute Gasteiger partial charge is 0.483 e. The predicted molar refractivity (Wildman–Crippen MR) is 113 cm³/mol. The van der Waals surface area contributed by atoms with Crippen molar-refractivity contribution in [3.8, 4) is 0 Å². The number of anilines is 2. The molecule has 164 valence electrons. The summed E-state index contributed by atoms with van der Waals surface area (Å²) in [6, 6.07) is 2.01. The van der Waals surface area contributed by atoms with Crippen LogP contribution in [-0.2, 0) is 16.0 Å². The smallest absolute Gasteiger partial charge is 0.290 e. The van der Waals surface area contributed by atoms with Gasteiger partial charge in [0.25, 0.3) is 6.47 Å². The molecule has 2 aromatic rings. The van der Waals surface area contributed by atoms with Crippen molar-refractivity contribution < 1.29 is 19.2 Å². The molecular weight excluding hydrogens is 386 g/mol. The summed E-state index contributed by atoms with van der Waals surface area (Å²) < 4.78 is 11.2. The van der Waals surface area contributed by atoms with Crippen molar-refractivity contribution in [3.05, 3.63) is 28.8 Å². The van der Waals surface area contributed by atoms with E-state index < -0.39 is 0 Å². The van der Waals surface area contributed by atoms with Gasteiger partial charge in [0, 0.05) is 63.0 Å². The number of nitrogens with zero attached hydrogens (tertiary/aromatic N) is 5. The molecule has 9 heteroatoms. The van der Waals surface area contributed by atoms with Crippen molar-refractivity contribution in [3.63, 3.8) is 0 Å². The topological polar surface area (TPSA) is 105 Å². The van der Waals surface area contributed by atoms with E-state index in [0.29, 0.717) is 5.92 Å². The van der Waals surface area contributed by atoms with Gasteiger partial charge in [-0.05, 0) is 33.6 Å². The summed E-state index contributed by atoms with van der Waals surface area (Å²) in [6.07, 6.45) is 3.43. The number of ether oxygens (including phenoxy) is 1. The van der Waals surface area contributed by atoms with E-state index in [9.17, 15) is 0 Å². The van der Waals surface area contributed by atoms with Gasteiger partial charge in [-0.2, -0.15) is 4.98 Å². The van der Waals surface area contributed by atoms with Gasteiger partial charge in [0.15, 0.2) is 0 Å². The summed E-state index contributed by atoms with van der Waals surface area (Å²) in [5.74, 6) is 3.19. The second-order valence-corrected chi connectivity index (χ2v) is 7.94. The number of carboxylic acid groups (broad SMARTS) is 1. The first kappa shape index (κ1) is 22.0. The van der Waals surface area contributed by atoms with Crippen LogP contribution in [0.3, 0.4) is 0 Å². The van der Waals surface area contributed by atoms with Crippen LogP contribution in [0.1, 0.15) is 35.6 Å². The first-order valence-corrected chi connectivity index (χ1v) is 10.3. The number of hydrogen-bond donors (Lipinski definition) is 1. The highest BCUT2D eigenvalue weighted by atomic mass is 16.5. The lowest BCUT2D eigenvalue weighted by Crippen LogP contribution is -2.27. The Morgan fingerprint density at radius 1 is 1.20 bits per heavy atom. The normalized spacial score (nSPS) is 20.9. The summed E-state index contributed by atoms with van der Waals surface area (Å²) in [5.41, 5.74) is 3.14. The van der Waals surface area contributed by atoms with Crippen LogP contribution in [-0.4, -0.2) is 66.1 Å². The molecule has 4 heterocycles. The molecule has 0 aliphatic carbocycles. The predicted octanol–water partition coefficient (Wildman–Crippen LogP) is 2.38. The summed E-state index contributed by atoms with van der Waals surface area (Å²) in [5, 5.41) is 10.9. The Morgan fingerprint density at radius 3 is 2.50 bits per heavy atom. The van der Waals surface area contributed by atoms with Crippen molar-refractivity contribution in [2.45, 2.75) is 46.1 Å². The Hall–Kier alpha value is -2.68. The lowest BCUT2D eigenvalue weighted by atomic mass is 10.0. The number of carbonyl (C=O) groups is 1. The molecule has 30 heavy (non-hydrogen) atoms. The van der Waals surface area contributed by atoms with E-state index in [0.717, 1.165) is 67.1 Å². The minimum atomic E-state index is -0.250. The molecule has 0 unspecified atom stereocenters. The van der Waals surface area contributed by atoms with E-state index in [4.69, 9.17) is 29.1 Å². The molecule has 9 nitrogen and oxygen atoms in total. The molecule has 2 fully saturated rings. The third-order valence-corrected chi connectivity index (χ3v) is 5.86. The first-order chi connectivity index (χ1) is 14.5. The van der Waals surface area contributed by atoms with E-state index in [1.165, 1.54) is 12.8 Å². The lowest BCUT2D eigenvalue weighted by molar-refractivity contribution is -0.122. The zero-order valence-electron chi connectivity index (χ0n) is 18.2. The van der Waals surface area contributed by atoms with Gasteiger partial charge in [0.2, 0.25) is 5.95 Å². The van der Waals surface area contributed by atoms with E-state index in [-0.39, 0.29) is 12.6 Å². The number of hydrogen-bond acceptors (Lipinski definition) is 8. The lowest BCUT2D eigenvalue weighted by Gasteiger charge is -2.23. The van der Waals surface area contributed by atoms with Crippen molar-refractivity contribution in [1.29, 1.82) is 0 Å². The molecule has 0 aromatic carbocycles. The second-order valence-electron chi connectivity index (χ2n) is 7.94. The van der Waals surface area contributed by atoms with Crippen LogP contribution in [0.2, 0.25) is 0 Å². The Kier molecular flexibility index (Phi) is 7.25. The Labute approximate surface area is 177 Å². The molecule has 0 amide bonds. The number of aromatic nitrogens is 3. The molecule has 1 N–H and O–H groups in total. The molecule has 0 radical (unpaired) electrons. The van der Waals surface area contributed by atoms with Crippen LogP contribution in [0.4, 0.5) is 11.8 Å². The third kappa shape index (κ3) is 4.89. The van der Waals surface area contributed by atoms with Crippen molar-refractivity contribution >= 4 is 18.2 Å². The standard InChI is InChI=1S/C20H29N5O2.CH2O2/c1-13-9-17(27-23-13)10-16-11-25(12-18(16)26-4)19-14(2)15(3)21-20(22-19)24-7-5-6-8-24;2-1-3/h9,16,18H,5-8,10-12H2,1-4H3;1H,(H,2,3)/t16-,18+;/m1./s1. The fraction of sp³-hybridized carbons (Fsp3) is 0.619. The van der Waals surface area contributed by atoms with Gasteiger partial charge in [-0.25, -0.2) is 4.98 Å². The molecule has 2 aliphatic rings. The van der Waals surface area contributed by atoms with Crippen LogP contribution in [0.15, 0.2) is 10.6 Å². The van der Waals surface area contributed by atoms with Gasteiger partial charge >= 0.3 is 0 Å². The van der Waals surface area contributed by atoms with Gasteiger partial charge in [0.1, 0.15) is 11.6 Å². The molecule has 4 rings (SSSR count).